The van der Waals surface area contributed by atoms with Crippen LogP contribution in [-0.4, -0.2) is 42.9 Å². The maximum absolute atomic E-state index is 12.0. The molecule has 2 rings (SSSR count). The van der Waals surface area contributed by atoms with Crippen molar-refractivity contribution in [3.8, 4) is 6.07 Å². The summed E-state index contributed by atoms with van der Waals surface area (Å²) in [4.78, 5) is 25.3. The van der Waals surface area contributed by atoms with E-state index in [4.69, 9.17) is 5.26 Å². The van der Waals surface area contributed by atoms with E-state index in [9.17, 15) is 9.59 Å². The number of amides is 2. The first-order chi connectivity index (χ1) is 13.2. The molecule has 144 valence electrons. The SMILES string of the molecule is N#C/C(=C/NCCCCc1ccccc1)C(=O)NCCCN1CCCC1=O. The molecular formula is C21H28N4O2. The summed E-state index contributed by atoms with van der Waals surface area (Å²) in [6.07, 6.45) is 6.78. The first-order valence-electron chi connectivity index (χ1n) is 9.64. The number of carbonyl (C=O) groups excluding carboxylic acids is 2. The Morgan fingerprint density at radius 1 is 1.19 bits per heavy atom. The molecule has 0 unspecified atom stereocenters. The number of aryl methyl sites for hydroxylation is 1. The normalized spacial score (nSPS) is 14.1. The van der Waals surface area contributed by atoms with Crippen molar-refractivity contribution in [3.05, 3.63) is 47.7 Å². The van der Waals surface area contributed by atoms with Crippen molar-refractivity contribution in [1.29, 1.82) is 5.26 Å². The average molecular weight is 368 g/mol. The first-order valence-corrected chi connectivity index (χ1v) is 9.64. The third-order valence-corrected chi connectivity index (χ3v) is 4.55. The van der Waals surface area contributed by atoms with E-state index in [0.717, 1.165) is 38.8 Å². The summed E-state index contributed by atoms with van der Waals surface area (Å²) >= 11 is 0. The predicted octanol–water partition coefficient (Wildman–Crippen LogP) is 2.14. The Hall–Kier alpha value is -2.81. The van der Waals surface area contributed by atoms with Crippen LogP contribution in [0.1, 0.15) is 37.7 Å². The van der Waals surface area contributed by atoms with Gasteiger partial charge in [-0.2, -0.15) is 5.26 Å². The first kappa shape index (κ1) is 20.5. The van der Waals surface area contributed by atoms with Crippen molar-refractivity contribution >= 4 is 11.8 Å². The summed E-state index contributed by atoms with van der Waals surface area (Å²) in [6, 6.07) is 12.2. The van der Waals surface area contributed by atoms with Crippen LogP contribution >= 0.6 is 0 Å². The van der Waals surface area contributed by atoms with Crippen LogP contribution in [0.15, 0.2) is 42.1 Å². The fraction of sp³-hybridized carbons (Fsp3) is 0.476. The van der Waals surface area contributed by atoms with Gasteiger partial charge in [0.25, 0.3) is 5.91 Å². The Bertz CT molecular complexity index is 679. The molecule has 0 spiro atoms. The molecule has 6 nitrogen and oxygen atoms in total. The van der Waals surface area contributed by atoms with Gasteiger partial charge in [0.2, 0.25) is 5.91 Å². The molecule has 1 aliphatic rings. The Labute approximate surface area is 161 Å². The van der Waals surface area contributed by atoms with Crippen LogP contribution in [0.4, 0.5) is 0 Å². The Kier molecular flexibility index (Phi) is 8.91. The summed E-state index contributed by atoms with van der Waals surface area (Å²) < 4.78 is 0. The van der Waals surface area contributed by atoms with Gasteiger partial charge < -0.3 is 15.5 Å². The Morgan fingerprint density at radius 3 is 2.70 bits per heavy atom. The molecule has 0 aromatic heterocycles. The maximum atomic E-state index is 12.0. The standard InChI is InChI=1S/C21H28N4O2/c22-16-19(17-23-12-5-4-10-18-8-2-1-3-9-18)21(27)24-13-7-15-25-14-6-11-20(25)26/h1-3,8-9,17,23H,4-7,10-15H2,(H,24,27)/b19-17-. The van der Waals surface area contributed by atoms with E-state index in [2.05, 4.69) is 22.8 Å². The van der Waals surface area contributed by atoms with Gasteiger partial charge in [-0.15, -0.1) is 0 Å². The molecule has 0 saturated carbocycles. The summed E-state index contributed by atoms with van der Waals surface area (Å²) in [6.45, 7) is 2.65. The van der Waals surface area contributed by atoms with Gasteiger partial charge in [0.1, 0.15) is 11.6 Å². The molecule has 2 amide bonds. The zero-order valence-corrected chi connectivity index (χ0v) is 15.7. The Morgan fingerprint density at radius 2 is 2.00 bits per heavy atom. The van der Waals surface area contributed by atoms with Gasteiger partial charge >= 0.3 is 0 Å². The van der Waals surface area contributed by atoms with Crippen molar-refractivity contribution in [3.63, 3.8) is 0 Å². The van der Waals surface area contributed by atoms with Crippen molar-refractivity contribution in [2.75, 3.05) is 26.2 Å². The van der Waals surface area contributed by atoms with Crippen molar-refractivity contribution in [1.82, 2.24) is 15.5 Å². The minimum atomic E-state index is -0.373. The second-order valence-corrected chi connectivity index (χ2v) is 6.66. The zero-order valence-electron chi connectivity index (χ0n) is 15.7. The summed E-state index contributed by atoms with van der Waals surface area (Å²) in [5, 5.41) is 14.9. The maximum Gasteiger partial charge on any atom is 0.263 e. The van der Waals surface area contributed by atoms with E-state index < -0.39 is 0 Å². The largest absolute Gasteiger partial charge is 0.390 e. The molecule has 6 heteroatoms. The van der Waals surface area contributed by atoms with E-state index in [-0.39, 0.29) is 17.4 Å². The van der Waals surface area contributed by atoms with E-state index in [0.29, 0.717) is 25.9 Å². The highest BCUT2D eigenvalue weighted by molar-refractivity contribution is 5.97. The van der Waals surface area contributed by atoms with E-state index in [1.165, 1.54) is 11.8 Å². The monoisotopic (exact) mass is 368 g/mol. The third kappa shape index (κ3) is 7.53. The number of hydrogen-bond acceptors (Lipinski definition) is 4. The van der Waals surface area contributed by atoms with Crippen LogP contribution in [0, 0.1) is 11.3 Å². The molecule has 2 N–H and O–H groups in total. The van der Waals surface area contributed by atoms with Crippen LogP contribution in [-0.2, 0) is 16.0 Å². The molecule has 1 aromatic carbocycles. The van der Waals surface area contributed by atoms with Gasteiger partial charge in [-0.25, -0.2) is 0 Å². The molecular weight excluding hydrogens is 340 g/mol. The zero-order chi connectivity index (χ0) is 19.3. The quantitative estimate of drug-likeness (QED) is 0.356. The van der Waals surface area contributed by atoms with Crippen LogP contribution in [0.5, 0.6) is 0 Å². The number of nitrogens with zero attached hydrogens (tertiary/aromatic N) is 2. The van der Waals surface area contributed by atoms with E-state index in [1.807, 2.05) is 29.2 Å². The molecule has 0 bridgehead atoms. The number of nitrogens with one attached hydrogen (secondary N) is 2. The topological polar surface area (TPSA) is 85.2 Å². The molecule has 1 aromatic rings. The minimum Gasteiger partial charge on any atom is -0.390 e. The van der Waals surface area contributed by atoms with Crippen LogP contribution in [0.2, 0.25) is 0 Å². The van der Waals surface area contributed by atoms with Gasteiger partial charge in [0, 0.05) is 38.8 Å². The van der Waals surface area contributed by atoms with Crippen LogP contribution < -0.4 is 10.6 Å². The highest BCUT2D eigenvalue weighted by Crippen LogP contribution is 2.09. The second-order valence-electron chi connectivity index (χ2n) is 6.66. The number of rotatable bonds is 11. The highest BCUT2D eigenvalue weighted by atomic mass is 16.2. The molecule has 1 aliphatic heterocycles. The van der Waals surface area contributed by atoms with Crippen molar-refractivity contribution < 1.29 is 9.59 Å². The van der Waals surface area contributed by atoms with E-state index in [1.54, 1.807) is 0 Å². The molecule has 0 radical (unpaired) electrons. The van der Waals surface area contributed by atoms with Gasteiger partial charge in [0.15, 0.2) is 0 Å². The molecule has 0 aliphatic carbocycles. The molecule has 1 heterocycles. The average Bonchev–Trinajstić information content (AvgIpc) is 3.10. The number of likely N-dealkylation sites (tertiary alicyclic amines) is 1. The molecule has 1 saturated heterocycles. The Balaban J connectivity index is 1.57. The fourth-order valence-electron chi connectivity index (χ4n) is 3.03. The van der Waals surface area contributed by atoms with Crippen molar-refractivity contribution in [2.24, 2.45) is 0 Å². The van der Waals surface area contributed by atoms with Crippen LogP contribution in [0.3, 0.4) is 0 Å². The lowest BCUT2D eigenvalue weighted by Crippen LogP contribution is -2.31. The van der Waals surface area contributed by atoms with Gasteiger partial charge in [0.05, 0.1) is 0 Å². The van der Waals surface area contributed by atoms with Gasteiger partial charge in [-0.05, 0) is 37.7 Å². The number of hydrogen-bond donors (Lipinski definition) is 2. The lowest BCUT2D eigenvalue weighted by atomic mass is 10.1. The minimum absolute atomic E-state index is 0.0790. The lowest BCUT2D eigenvalue weighted by molar-refractivity contribution is -0.127. The van der Waals surface area contributed by atoms with Crippen molar-refractivity contribution in [2.45, 2.75) is 38.5 Å². The second kappa shape index (κ2) is 11.7. The predicted molar refractivity (Wildman–Crippen MR) is 105 cm³/mol. The summed E-state index contributed by atoms with van der Waals surface area (Å²) in [5.41, 5.74) is 1.40. The summed E-state index contributed by atoms with van der Waals surface area (Å²) in [7, 11) is 0. The number of carbonyl (C=O) groups is 2. The molecule has 27 heavy (non-hydrogen) atoms. The number of nitriles is 1. The fourth-order valence-corrected chi connectivity index (χ4v) is 3.03. The molecule has 1 fully saturated rings. The lowest BCUT2D eigenvalue weighted by Gasteiger charge is -2.15. The number of benzene rings is 1. The van der Waals surface area contributed by atoms with Gasteiger partial charge in [-0.1, -0.05) is 30.3 Å². The van der Waals surface area contributed by atoms with E-state index >= 15 is 0 Å². The number of unbranched alkanes of at least 4 members (excludes halogenated alkanes) is 1. The van der Waals surface area contributed by atoms with Crippen LogP contribution in [0.25, 0.3) is 0 Å². The smallest absolute Gasteiger partial charge is 0.263 e. The molecule has 0 atom stereocenters. The highest BCUT2D eigenvalue weighted by Gasteiger charge is 2.19. The summed E-state index contributed by atoms with van der Waals surface area (Å²) in [5.74, 6) is -0.183. The third-order valence-electron chi connectivity index (χ3n) is 4.55. The van der Waals surface area contributed by atoms with Gasteiger partial charge in [-0.3, -0.25) is 9.59 Å².